The summed E-state index contributed by atoms with van der Waals surface area (Å²) >= 11 is 0. The van der Waals surface area contributed by atoms with Crippen molar-refractivity contribution in [3.8, 4) is 0 Å². The molecule has 2 rings (SSSR count). The summed E-state index contributed by atoms with van der Waals surface area (Å²) in [5, 5.41) is 0. The van der Waals surface area contributed by atoms with E-state index >= 15 is 0 Å². The smallest absolute Gasteiger partial charge is 0.0716 e. The molecule has 0 bridgehead atoms. The average molecular weight is 286 g/mol. The quantitative estimate of drug-likeness (QED) is 0.571. The Labute approximate surface area is 130 Å². The second-order valence-electron chi connectivity index (χ2n) is 6.21. The van der Waals surface area contributed by atoms with Crippen LogP contribution in [-0.2, 0) is 11.3 Å². The van der Waals surface area contributed by atoms with Crippen molar-refractivity contribution >= 4 is 0 Å². The summed E-state index contributed by atoms with van der Waals surface area (Å²) in [4.78, 5) is 0. The molecule has 0 N–H and O–H groups in total. The van der Waals surface area contributed by atoms with Gasteiger partial charge in [-0.2, -0.15) is 0 Å². The number of benzene rings is 1. The molecular formula is C20H30O. The van der Waals surface area contributed by atoms with Crippen molar-refractivity contribution in [1.82, 2.24) is 0 Å². The lowest BCUT2D eigenvalue weighted by atomic mass is 9.77. The first kappa shape index (κ1) is 16.3. The van der Waals surface area contributed by atoms with E-state index in [0.29, 0.717) is 0 Å². The molecule has 0 unspecified atom stereocenters. The third kappa shape index (κ3) is 5.32. The minimum Gasteiger partial charge on any atom is -0.377 e. The Morgan fingerprint density at radius 1 is 1.00 bits per heavy atom. The molecule has 1 aromatic carbocycles. The maximum atomic E-state index is 5.46. The Balaban J connectivity index is 1.80. The average Bonchev–Trinajstić information content (AvgIpc) is 2.54. The number of hydrogen-bond donors (Lipinski definition) is 0. The normalized spacial score (nSPS) is 22.8. The molecule has 0 saturated heterocycles. The summed E-state index contributed by atoms with van der Waals surface area (Å²) in [7, 11) is 0. The van der Waals surface area contributed by atoms with Crippen LogP contribution in [0.4, 0.5) is 0 Å². The van der Waals surface area contributed by atoms with E-state index in [4.69, 9.17) is 4.74 Å². The Morgan fingerprint density at radius 3 is 2.33 bits per heavy atom. The predicted octanol–water partition coefficient (Wildman–Crippen LogP) is 5.85. The van der Waals surface area contributed by atoms with E-state index in [1.807, 2.05) is 6.92 Å². The van der Waals surface area contributed by atoms with Crippen LogP contribution in [0.25, 0.3) is 0 Å². The van der Waals surface area contributed by atoms with E-state index in [-0.39, 0.29) is 0 Å². The highest BCUT2D eigenvalue weighted by atomic mass is 16.5. The molecule has 21 heavy (non-hydrogen) atoms. The Hall–Kier alpha value is -1.08. The summed E-state index contributed by atoms with van der Waals surface area (Å²) in [6.45, 7) is 5.79. The van der Waals surface area contributed by atoms with E-state index < -0.39 is 0 Å². The lowest BCUT2D eigenvalue weighted by Gasteiger charge is -2.28. The van der Waals surface area contributed by atoms with Crippen LogP contribution in [-0.4, -0.2) is 6.61 Å². The molecule has 116 valence electrons. The van der Waals surface area contributed by atoms with Gasteiger partial charge in [-0.05, 0) is 68.4 Å². The van der Waals surface area contributed by atoms with Gasteiger partial charge in [0.1, 0.15) is 0 Å². The van der Waals surface area contributed by atoms with Gasteiger partial charge in [0.2, 0.25) is 0 Å². The molecule has 1 aromatic rings. The van der Waals surface area contributed by atoms with E-state index in [1.165, 1.54) is 49.7 Å². The fourth-order valence-electron chi connectivity index (χ4n) is 3.29. The molecule has 0 atom stereocenters. The van der Waals surface area contributed by atoms with Crippen molar-refractivity contribution in [2.45, 2.75) is 64.9 Å². The van der Waals surface area contributed by atoms with Crippen LogP contribution in [0, 0.1) is 5.92 Å². The molecule has 0 spiro atoms. The number of hydrogen-bond acceptors (Lipinski definition) is 1. The van der Waals surface area contributed by atoms with Gasteiger partial charge in [-0.15, -0.1) is 0 Å². The van der Waals surface area contributed by atoms with Crippen LogP contribution in [0.5, 0.6) is 0 Å². The van der Waals surface area contributed by atoms with Crippen molar-refractivity contribution in [3.05, 3.63) is 47.5 Å². The molecule has 1 fully saturated rings. The van der Waals surface area contributed by atoms with Crippen LogP contribution < -0.4 is 0 Å². The zero-order valence-electron chi connectivity index (χ0n) is 13.7. The van der Waals surface area contributed by atoms with Crippen molar-refractivity contribution in [2.75, 3.05) is 6.61 Å². The summed E-state index contributed by atoms with van der Waals surface area (Å²) in [6.07, 6.45) is 12.6. The standard InChI is InChI=1S/C20H30O/c1-3-5-6-7-17-8-12-19(13-9-17)20-14-10-18(11-15-20)16-21-4-2/h5-6,10-11,14-15,17,19H,3-4,7-9,12-13,16H2,1-2H3/b6-5+/t17-,19-. The van der Waals surface area contributed by atoms with Crippen molar-refractivity contribution in [3.63, 3.8) is 0 Å². The second-order valence-corrected chi connectivity index (χ2v) is 6.21. The summed E-state index contributed by atoms with van der Waals surface area (Å²) in [6, 6.07) is 9.11. The molecular weight excluding hydrogens is 256 g/mol. The second kappa shape index (κ2) is 9.04. The molecule has 0 aromatic heterocycles. The molecule has 0 aliphatic heterocycles. The SMILES string of the molecule is CC/C=C/C[C@H]1CC[C@H](c2ccc(COCC)cc2)CC1. The minimum absolute atomic E-state index is 0.743. The monoisotopic (exact) mass is 286 g/mol. The topological polar surface area (TPSA) is 9.23 Å². The first-order valence-corrected chi connectivity index (χ1v) is 8.65. The van der Waals surface area contributed by atoms with Crippen LogP contribution in [0.15, 0.2) is 36.4 Å². The lowest BCUT2D eigenvalue weighted by molar-refractivity contribution is 0.134. The maximum absolute atomic E-state index is 5.46. The number of rotatable bonds is 7. The van der Waals surface area contributed by atoms with Crippen molar-refractivity contribution in [2.24, 2.45) is 5.92 Å². The van der Waals surface area contributed by atoms with Gasteiger partial charge in [-0.3, -0.25) is 0 Å². The molecule has 0 radical (unpaired) electrons. The van der Waals surface area contributed by atoms with E-state index in [1.54, 1.807) is 0 Å². The largest absolute Gasteiger partial charge is 0.377 e. The van der Waals surface area contributed by atoms with Gasteiger partial charge in [0.05, 0.1) is 6.61 Å². The predicted molar refractivity (Wildman–Crippen MR) is 90.5 cm³/mol. The minimum atomic E-state index is 0.743. The third-order valence-corrected chi connectivity index (χ3v) is 4.64. The van der Waals surface area contributed by atoms with Gasteiger partial charge in [0.15, 0.2) is 0 Å². The number of allylic oxidation sites excluding steroid dienone is 2. The summed E-state index contributed by atoms with van der Waals surface area (Å²) < 4.78 is 5.46. The highest BCUT2D eigenvalue weighted by Gasteiger charge is 2.21. The molecule has 0 amide bonds. The van der Waals surface area contributed by atoms with Gasteiger partial charge >= 0.3 is 0 Å². The van der Waals surface area contributed by atoms with Crippen LogP contribution in [0.2, 0.25) is 0 Å². The van der Waals surface area contributed by atoms with Gasteiger partial charge in [0.25, 0.3) is 0 Å². The van der Waals surface area contributed by atoms with E-state index in [0.717, 1.165) is 25.0 Å². The van der Waals surface area contributed by atoms with Crippen LogP contribution in [0.1, 0.15) is 69.4 Å². The molecule has 1 saturated carbocycles. The lowest BCUT2D eigenvalue weighted by Crippen LogP contribution is -2.12. The molecule has 1 aliphatic carbocycles. The first-order chi connectivity index (χ1) is 10.3. The van der Waals surface area contributed by atoms with Crippen molar-refractivity contribution in [1.29, 1.82) is 0 Å². The molecule has 1 nitrogen and oxygen atoms in total. The van der Waals surface area contributed by atoms with E-state index in [2.05, 4.69) is 43.3 Å². The van der Waals surface area contributed by atoms with Crippen LogP contribution in [0.3, 0.4) is 0 Å². The Morgan fingerprint density at radius 2 is 1.71 bits per heavy atom. The third-order valence-electron chi connectivity index (χ3n) is 4.64. The van der Waals surface area contributed by atoms with E-state index in [9.17, 15) is 0 Å². The molecule has 1 heteroatoms. The Kier molecular flexibility index (Phi) is 7.02. The van der Waals surface area contributed by atoms with Gasteiger partial charge in [0, 0.05) is 6.61 Å². The van der Waals surface area contributed by atoms with Gasteiger partial charge in [-0.25, -0.2) is 0 Å². The summed E-state index contributed by atoms with van der Waals surface area (Å²) in [5.41, 5.74) is 2.82. The first-order valence-electron chi connectivity index (χ1n) is 8.65. The van der Waals surface area contributed by atoms with Gasteiger partial charge < -0.3 is 4.74 Å². The Bertz CT molecular complexity index is 410. The van der Waals surface area contributed by atoms with Crippen molar-refractivity contribution < 1.29 is 4.74 Å². The molecule has 0 heterocycles. The van der Waals surface area contributed by atoms with Gasteiger partial charge in [-0.1, -0.05) is 43.3 Å². The highest BCUT2D eigenvalue weighted by Crippen LogP contribution is 2.37. The highest BCUT2D eigenvalue weighted by molar-refractivity contribution is 5.25. The summed E-state index contributed by atoms with van der Waals surface area (Å²) in [5.74, 6) is 1.69. The van der Waals surface area contributed by atoms with Crippen LogP contribution >= 0.6 is 0 Å². The zero-order chi connectivity index (χ0) is 14.9. The fraction of sp³-hybridized carbons (Fsp3) is 0.600. The zero-order valence-corrected chi connectivity index (χ0v) is 13.7. The molecule has 1 aliphatic rings. The maximum Gasteiger partial charge on any atom is 0.0716 e. The fourth-order valence-corrected chi connectivity index (χ4v) is 3.29. The number of ether oxygens (including phenoxy) is 1.